The molecule has 5 heteroatoms. The lowest BCUT2D eigenvalue weighted by atomic mass is 10.2. The van der Waals surface area contributed by atoms with E-state index in [1.165, 1.54) is 17.4 Å². The van der Waals surface area contributed by atoms with Crippen LogP contribution < -0.4 is 0 Å². The van der Waals surface area contributed by atoms with Crippen molar-refractivity contribution in [1.29, 1.82) is 0 Å². The zero-order valence-electron chi connectivity index (χ0n) is 8.02. The molecule has 2 heterocycles. The van der Waals surface area contributed by atoms with Gasteiger partial charge in [0, 0.05) is 17.0 Å². The molecule has 0 radical (unpaired) electrons. The second-order valence-electron chi connectivity index (χ2n) is 3.32. The summed E-state index contributed by atoms with van der Waals surface area (Å²) in [6.07, 6.45) is 1.88. The van der Waals surface area contributed by atoms with Crippen molar-refractivity contribution in [1.82, 2.24) is 9.78 Å². The molecule has 3 aromatic rings. The third-order valence-electron chi connectivity index (χ3n) is 2.33. The molecule has 0 aliphatic rings. The van der Waals surface area contributed by atoms with E-state index < -0.39 is 0 Å². The summed E-state index contributed by atoms with van der Waals surface area (Å²) in [5.41, 5.74) is 0.933. The van der Waals surface area contributed by atoms with Gasteiger partial charge in [-0.25, -0.2) is 9.07 Å². The summed E-state index contributed by atoms with van der Waals surface area (Å²) in [5.74, 6) is -0.171. The van der Waals surface area contributed by atoms with Crippen LogP contribution in [0.4, 0.5) is 4.39 Å². The Morgan fingerprint density at radius 1 is 1.31 bits per heavy atom. The summed E-state index contributed by atoms with van der Waals surface area (Å²) in [5, 5.41) is 7.15. The fourth-order valence-electron chi connectivity index (χ4n) is 1.62. The fourth-order valence-corrected chi connectivity index (χ4v) is 2.96. The monoisotopic (exact) mass is 344 g/mol. The summed E-state index contributed by atoms with van der Waals surface area (Å²) < 4.78 is 16.9. The van der Waals surface area contributed by atoms with Gasteiger partial charge in [-0.3, -0.25) is 0 Å². The first-order valence-corrected chi connectivity index (χ1v) is 6.59. The molecule has 16 heavy (non-hydrogen) atoms. The number of rotatable bonds is 1. The first-order valence-electron chi connectivity index (χ1n) is 4.63. The van der Waals surface area contributed by atoms with Crippen molar-refractivity contribution in [3.63, 3.8) is 0 Å². The molecular formula is C11H6FIN2S. The van der Waals surface area contributed by atoms with E-state index in [1.807, 2.05) is 23.7 Å². The average Bonchev–Trinajstić information content (AvgIpc) is 2.84. The van der Waals surface area contributed by atoms with Gasteiger partial charge in [-0.2, -0.15) is 5.10 Å². The highest BCUT2D eigenvalue weighted by Crippen LogP contribution is 2.30. The SMILES string of the molecule is Fc1cccc2c(-n3ccc(I)n3)csc12. The van der Waals surface area contributed by atoms with E-state index in [1.54, 1.807) is 10.7 Å². The third-order valence-corrected chi connectivity index (χ3v) is 3.90. The van der Waals surface area contributed by atoms with Crippen LogP contribution in [0, 0.1) is 9.52 Å². The van der Waals surface area contributed by atoms with E-state index in [0.717, 1.165) is 14.8 Å². The van der Waals surface area contributed by atoms with E-state index in [2.05, 4.69) is 27.7 Å². The molecule has 0 saturated heterocycles. The van der Waals surface area contributed by atoms with Gasteiger partial charge in [0.15, 0.2) is 0 Å². The Labute approximate surface area is 109 Å². The molecule has 0 N–H and O–H groups in total. The van der Waals surface area contributed by atoms with E-state index in [9.17, 15) is 4.39 Å². The van der Waals surface area contributed by atoms with Crippen molar-refractivity contribution in [2.24, 2.45) is 0 Å². The molecule has 1 aromatic carbocycles. The molecule has 2 nitrogen and oxygen atoms in total. The van der Waals surface area contributed by atoms with Crippen molar-refractivity contribution in [3.05, 3.63) is 45.4 Å². The number of hydrogen-bond donors (Lipinski definition) is 0. The van der Waals surface area contributed by atoms with Gasteiger partial charge in [0.05, 0.1) is 10.4 Å². The number of nitrogens with zero attached hydrogens (tertiary/aromatic N) is 2. The Morgan fingerprint density at radius 2 is 2.19 bits per heavy atom. The molecule has 80 valence electrons. The molecule has 2 aromatic heterocycles. The number of halogens is 2. The van der Waals surface area contributed by atoms with Crippen LogP contribution in [0.25, 0.3) is 15.8 Å². The fraction of sp³-hybridized carbons (Fsp3) is 0. The van der Waals surface area contributed by atoms with E-state index in [4.69, 9.17) is 0 Å². The Morgan fingerprint density at radius 3 is 2.94 bits per heavy atom. The van der Waals surface area contributed by atoms with Crippen LogP contribution in [0.15, 0.2) is 35.8 Å². The molecule has 3 rings (SSSR count). The Hall–Kier alpha value is -0.950. The number of hydrogen-bond acceptors (Lipinski definition) is 2. The first-order chi connectivity index (χ1) is 7.75. The molecule has 0 spiro atoms. The molecule has 0 aliphatic heterocycles. The number of fused-ring (bicyclic) bond motifs is 1. The zero-order chi connectivity index (χ0) is 11.1. The normalized spacial score (nSPS) is 11.1. The van der Waals surface area contributed by atoms with Gasteiger partial charge >= 0.3 is 0 Å². The summed E-state index contributed by atoms with van der Waals surface area (Å²) in [6, 6.07) is 7.04. The molecule has 0 saturated carbocycles. The minimum atomic E-state index is -0.171. The molecule has 0 bridgehead atoms. The standard InChI is InChI=1S/C11H6FIN2S/c12-8-3-1-2-7-9(6-16-11(7)8)15-5-4-10(13)14-15/h1-6H. The smallest absolute Gasteiger partial charge is 0.141 e. The van der Waals surface area contributed by atoms with Gasteiger partial charge in [0.1, 0.15) is 9.52 Å². The topological polar surface area (TPSA) is 17.8 Å². The first kappa shape index (κ1) is 10.2. The maximum Gasteiger partial charge on any atom is 0.141 e. The van der Waals surface area contributed by atoms with Gasteiger partial charge in [0.2, 0.25) is 0 Å². The van der Waals surface area contributed by atoms with Crippen molar-refractivity contribution in [3.8, 4) is 5.69 Å². The van der Waals surface area contributed by atoms with E-state index >= 15 is 0 Å². The van der Waals surface area contributed by atoms with Gasteiger partial charge in [-0.1, -0.05) is 12.1 Å². The number of thiophene rings is 1. The summed E-state index contributed by atoms with van der Waals surface area (Å²) in [7, 11) is 0. The van der Waals surface area contributed by atoms with Crippen molar-refractivity contribution in [2.75, 3.05) is 0 Å². The molecule has 0 atom stereocenters. The van der Waals surface area contributed by atoms with E-state index in [0.29, 0.717) is 4.70 Å². The summed E-state index contributed by atoms with van der Waals surface area (Å²) in [4.78, 5) is 0. The average molecular weight is 344 g/mol. The van der Waals surface area contributed by atoms with E-state index in [-0.39, 0.29) is 5.82 Å². The van der Waals surface area contributed by atoms with Gasteiger partial charge in [0.25, 0.3) is 0 Å². The molecular weight excluding hydrogens is 338 g/mol. The predicted octanol–water partition coefficient (Wildman–Crippen LogP) is 3.83. The van der Waals surface area contributed by atoms with Gasteiger partial charge in [-0.15, -0.1) is 11.3 Å². The second-order valence-corrected chi connectivity index (χ2v) is 5.31. The largest absolute Gasteiger partial charge is 0.238 e. The highest BCUT2D eigenvalue weighted by atomic mass is 127. The minimum absolute atomic E-state index is 0.171. The molecule has 0 aliphatic carbocycles. The summed E-state index contributed by atoms with van der Waals surface area (Å²) >= 11 is 3.56. The summed E-state index contributed by atoms with van der Waals surface area (Å²) in [6.45, 7) is 0. The Kier molecular flexibility index (Phi) is 2.44. The third kappa shape index (κ3) is 1.54. The molecule has 0 unspecified atom stereocenters. The maximum atomic E-state index is 13.5. The zero-order valence-corrected chi connectivity index (χ0v) is 11.0. The van der Waals surface area contributed by atoms with Crippen molar-refractivity contribution < 1.29 is 4.39 Å². The highest BCUT2D eigenvalue weighted by molar-refractivity contribution is 14.1. The lowest BCUT2D eigenvalue weighted by Gasteiger charge is -1.98. The van der Waals surface area contributed by atoms with Crippen LogP contribution in [-0.2, 0) is 0 Å². The quantitative estimate of drug-likeness (QED) is 0.614. The molecule has 0 fully saturated rings. The van der Waals surface area contributed by atoms with Crippen LogP contribution in [0.5, 0.6) is 0 Å². The van der Waals surface area contributed by atoms with Crippen LogP contribution in [0.1, 0.15) is 0 Å². The van der Waals surface area contributed by atoms with Crippen LogP contribution in [-0.4, -0.2) is 9.78 Å². The molecule has 0 amide bonds. The second kappa shape index (κ2) is 3.81. The maximum absolute atomic E-state index is 13.5. The Balaban J connectivity index is 2.29. The van der Waals surface area contributed by atoms with Crippen LogP contribution >= 0.6 is 33.9 Å². The number of aromatic nitrogens is 2. The lowest BCUT2D eigenvalue weighted by Crippen LogP contribution is -1.93. The predicted molar refractivity (Wildman–Crippen MR) is 71.6 cm³/mol. The van der Waals surface area contributed by atoms with Crippen LogP contribution in [0.3, 0.4) is 0 Å². The van der Waals surface area contributed by atoms with Crippen LogP contribution in [0.2, 0.25) is 0 Å². The van der Waals surface area contributed by atoms with Gasteiger partial charge < -0.3 is 0 Å². The highest BCUT2D eigenvalue weighted by Gasteiger charge is 2.09. The van der Waals surface area contributed by atoms with Gasteiger partial charge in [-0.05, 0) is 34.7 Å². The minimum Gasteiger partial charge on any atom is -0.238 e. The lowest BCUT2D eigenvalue weighted by molar-refractivity contribution is 0.641. The van der Waals surface area contributed by atoms with Crippen molar-refractivity contribution >= 4 is 44.0 Å². The number of benzene rings is 1. The Bertz CT molecular complexity index is 659. The van der Waals surface area contributed by atoms with Crippen molar-refractivity contribution in [2.45, 2.75) is 0 Å².